The first-order valence-corrected chi connectivity index (χ1v) is 7.88. The van der Waals surface area contributed by atoms with Gasteiger partial charge in [0.2, 0.25) is 5.75 Å². The molecule has 0 spiro atoms. The number of halogens is 1. The summed E-state index contributed by atoms with van der Waals surface area (Å²) in [6, 6.07) is 7.19. The molecule has 2 aromatic rings. The number of hydrogen-bond donors (Lipinski definition) is 2. The summed E-state index contributed by atoms with van der Waals surface area (Å²) in [5.74, 6) is -0.126. The minimum atomic E-state index is -0.724. The standard InChI is InChI=1S/C16H14BrN3O6/c1-25-11-5-10(6-12(7-11)26-2)16(22)19-18-8-9-3-13(17)15(21)14(4-9)20(23)24/h3-8,21H,1-2H3,(H,19,22)/b18-8-. The number of nitro benzene ring substituents is 1. The van der Waals surface area contributed by atoms with E-state index in [2.05, 4.69) is 26.5 Å². The van der Waals surface area contributed by atoms with E-state index in [1.54, 1.807) is 6.07 Å². The van der Waals surface area contributed by atoms with Crippen molar-refractivity contribution in [3.63, 3.8) is 0 Å². The minimum Gasteiger partial charge on any atom is -0.501 e. The second-order valence-corrected chi connectivity index (χ2v) is 5.78. The highest BCUT2D eigenvalue weighted by Gasteiger charge is 2.17. The Bertz CT molecular complexity index is 862. The predicted octanol–water partition coefficient (Wildman–Crippen LogP) is 2.84. The molecule has 136 valence electrons. The molecule has 0 saturated heterocycles. The highest BCUT2D eigenvalue weighted by molar-refractivity contribution is 9.10. The van der Waals surface area contributed by atoms with Crippen molar-refractivity contribution in [3.8, 4) is 17.2 Å². The molecule has 10 heteroatoms. The van der Waals surface area contributed by atoms with E-state index in [4.69, 9.17) is 9.47 Å². The smallest absolute Gasteiger partial charge is 0.312 e. The third kappa shape index (κ3) is 4.48. The van der Waals surface area contributed by atoms with E-state index in [1.807, 2.05) is 0 Å². The molecule has 2 rings (SSSR count). The molecular weight excluding hydrogens is 410 g/mol. The van der Waals surface area contributed by atoms with Gasteiger partial charge in [-0.05, 0) is 34.1 Å². The zero-order chi connectivity index (χ0) is 19.3. The van der Waals surface area contributed by atoms with Crippen LogP contribution in [0.3, 0.4) is 0 Å². The Balaban J connectivity index is 2.18. The second-order valence-electron chi connectivity index (χ2n) is 4.93. The first kappa shape index (κ1) is 19.2. The number of carbonyl (C=O) groups is 1. The fraction of sp³-hybridized carbons (Fsp3) is 0.125. The molecule has 26 heavy (non-hydrogen) atoms. The summed E-state index contributed by atoms with van der Waals surface area (Å²) in [5, 5.41) is 24.3. The predicted molar refractivity (Wildman–Crippen MR) is 97.1 cm³/mol. The molecule has 1 amide bonds. The van der Waals surface area contributed by atoms with E-state index < -0.39 is 22.3 Å². The Morgan fingerprint density at radius 3 is 2.38 bits per heavy atom. The molecule has 0 heterocycles. The number of amides is 1. The van der Waals surface area contributed by atoms with Crippen molar-refractivity contribution in [1.82, 2.24) is 5.43 Å². The van der Waals surface area contributed by atoms with Crippen LogP contribution < -0.4 is 14.9 Å². The Hall–Kier alpha value is -3.14. The zero-order valence-electron chi connectivity index (χ0n) is 13.7. The van der Waals surface area contributed by atoms with Crippen LogP contribution in [0.1, 0.15) is 15.9 Å². The Morgan fingerprint density at radius 1 is 1.23 bits per heavy atom. The third-order valence-corrected chi connectivity index (χ3v) is 3.86. The number of benzene rings is 2. The van der Waals surface area contributed by atoms with Crippen LogP contribution in [-0.4, -0.2) is 36.4 Å². The van der Waals surface area contributed by atoms with E-state index in [0.717, 1.165) is 6.07 Å². The normalized spacial score (nSPS) is 10.6. The van der Waals surface area contributed by atoms with Crippen LogP contribution in [-0.2, 0) is 0 Å². The van der Waals surface area contributed by atoms with Gasteiger partial charge in [-0.3, -0.25) is 14.9 Å². The average molecular weight is 424 g/mol. The molecule has 2 N–H and O–H groups in total. The summed E-state index contributed by atoms with van der Waals surface area (Å²) >= 11 is 3.02. The number of hydrogen-bond acceptors (Lipinski definition) is 7. The molecule has 0 fully saturated rings. The Kier molecular flexibility index (Phi) is 6.12. The van der Waals surface area contributed by atoms with Gasteiger partial charge in [0.15, 0.2) is 0 Å². The van der Waals surface area contributed by atoms with Crippen LogP contribution in [0.25, 0.3) is 0 Å². The number of nitrogens with zero attached hydrogens (tertiary/aromatic N) is 2. The summed E-state index contributed by atoms with van der Waals surface area (Å²) in [5.41, 5.74) is 2.39. The molecule has 0 saturated carbocycles. The summed E-state index contributed by atoms with van der Waals surface area (Å²) in [4.78, 5) is 22.4. The van der Waals surface area contributed by atoms with E-state index in [1.165, 1.54) is 38.6 Å². The van der Waals surface area contributed by atoms with E-state index in [0.29, 0.717) is 17.1 Å². The van der Waals surface area contributed by atoms with Gasteiger partial charge in [-0.15, -0.1) is 0 Å². The number of rotatable bonds is 6. The van der Waals surface area contributed by atoms with E-state index in [-0.39, 0.29) is 10.0 Å². The lowest BCUT2D eigenvalue weighted by atomic mass is 10.2. The Labute approximate surface area is 156 Å². The highest BCUT2D eigenvalue weighted by atomic mass is 79.9. The van der Waals surface area contributed by atoms with Crippen molar-refractivity contribution in [2.45, 2.75) is 0 Å². The van der Waals surface area contributed by atoms with Gasteiger partial charge in [0.1, 0.15) is 11.5 Å². The maximum Gasteiger partial charge on any atom is 0.312 e. The zero-order valence-corrected chi connectivity index (χ0v) is 15.3. The van der Waals surface area contributed by atoms with Crippen molar-refractivity contribution >= 4 is 33.7 Å². The van der Waals surface area contributed by atoms with Gasteiger partial charge in [0.25, 0.3) is 5.91 Å². The molecule has 0 bridgehead atoms. The lowest BCUT2D eigenvalue weighted by molar-refractivity contribution is -0.386. The molecule has 0 radical (unpaired) electrons. The topological polar surface area (TPSA) is 123 Å². The van der Waals surface area contributed by atoms with Crippen LogP contribution in [0, 0.1) is 10.1 Å². The molecule has 0 aliphatic rings. The SMILES string of the molecule is COc1cc(OC)cc(C(=O)N/N=C\c2cc(Br)c(O)c([N+](=O)[O-])c2)c1. The lowest BCUT2D eigenvalue weighted by Crippen LogP contribution is -2.17. The van der Waals surface area contributed by atoms with Crippen LogP contribution >= 0.6 is 15.9 Å². The van der Waals surface area contributed by atoms with Gasteiger partial charge in [0.05, 0.1) is 29.8 Å². The van der Waals surface area contributed by atoms with Crippen LogP contribution in [0.4, 0.5) is 5.69 Å². The number of ether oxygens (including phenoxy) is 2. The summed E-state index contributed by atoms with van der Waals surface area (Å²) in [6.07, 6.45) is 1.21. The number of phenols is 1. The number of aromatic hydroxyl groups is 1. The summed E-state index contributed by atoms with van der Waals surface area (Å²) in [6.45, 7) is 0. The number of nitro groups is 1. The second kappa shape index (κ2) is 8.30. The largest absolute Gasteiger partial charge is 0.501 e. The number of methoxy groups -OCH3 is 2. The van der Waals surface area contributed by atoms with Gasteiger partial charge in [-0.1, -0.05) is 0 Å². The fourth-order valence-corrected chi connectivity index (χ4v) is 2.45. The summed E-state index contributed by atoms with van der Waals surface area (Å²) in [7, 11) is 2.92. The Morgan fingerprint density at radius 2 is 1.85 bits per heavy atom. The molecule has 0 atom stereocenters. The minimum absolute atomic E-state index is 0.136. The van der Waals surface area contributed by atoms with Crippen LogP contribution in [0.5, 0.6) is 17.2 Å². The molecule has 0 aromatic heterocycles. The first-order valence-electron chi connectivity index (χ1n) is 7.09. The highest BCUT2D eigenvalue weighted by Crippen LogP contribution is 2.34. The van der Waals surface area contributed by atoms with Gasteiger partial charge in [-0.2, -0.15) is 5.10 Å². The van der Waals surface area contributed by atoms with Gasteiger partial charge in [-0.25, -0.2) is 5.43 Å². The monoisotopic (exact) mass is 423 g/mol. The van der Waals surface area contributed by atoms with Gasteiger partial charge < -0.3 is 14.6 Å². The first-order chi connectivity index (χ1) is 12.3. The molecule has 0 aliphatic carbocycles. The quantitative estimate of drug-likeness (QED) is 0.418. The third-order valence-electron chi connectivity index (χ3n) is 3.26. The molecule has 2 aromatic carbocycles. The fourth-order valence-electron chi connectivity index (χ4n) is 1.99. The van der Waals surface area contributed by atoms with Crippen molar-refractivity contribution < 1.29 is 24.3 Å². The molecule has 0 aliphatic heterocycles. The van der Waals surface area contributed by atoms with E-state index in [9.17, 15) is 20.0 Å². The average Bonchev–Trinajstić information content (AvgIpc) is 2.63. The molecule has 9 nitrogen and oxygen atoms in total. The van der Waals surface area contributed by atoms with Gasteiger partial charge in [0, 0.05) is 23.3 Å². The van der Waals surface area contributed by atoms with E-state index >= 15 is 0 Å². The van der Waals surface area contributed by atoms with Crippen LogP contribution in [0.2, 0.25) is 0 Å². The number of nitrogens with one attached hydrogen (secondary N) is 1. The van der Waals surface area contributed by atoms with Crippen molar-refractivity contribution in [2.24, 2.45) is 5.10 Å². The molecule has 0 unspecified atom stereocenters. The van der Waals surface area contributed by atoms with Gasteiger partial charge >= 0.3 is 5.69 Å². The maximum absolute atomic E-state index is 12.2. The van der Waals surface area contributed by atoms with Crippen molar-refractivity contribution in [3.05, 3.63) is 56.0 Å². The molecular formula is C16H14BrN3O6. The van der Waals surface area contributed by atoms with Crippen LogP contribution in [0.15, 0.2) is 39.9 Å². The summed E-state index contributed by atoms with van der Waals surface area (Å²) < 4.78 is 10.3. The number of phenolic OH excluding ortho intramolecular Hbond substituents is 1. The van der Waals surface area contributed by atoms with Crippen molar-refractivity contribution in [2.75, 3.05) is 14.2 Å². The lowest BCUT2D eigenvalue weighted by Gasteiger charge is -2.07. The number of hydrazone groups is 1. The number of carbonyl (C=O) groups excluding carboxylic acids is 1. The van der Waals surface area contributed by atoms with Crippen molar-refractivity contribution in [1.29, 1.82) is 0 Å². The maximum atomic E-state index is 12.2.